The molecule has 0 amide bonds. The Morgan fingerprint density at radius 1 is 0.867 bits per heavy atom. The quantitative estimate of drug-likeness (QED) is 0.688. The molecular weight excluding hydrogens is 200 g/mol. The summed E-state index contributed by atoms with van der Waals surface area (Å²) in [6, 6.07) is 12.9. The summed E-state index contributed by atoms with van der Waals surface area (Å²) in [6.07, 6.45) is 4.33. The Kier molecular flexibility index (Phi) is 3.02. The molecule has 0 radical (unpaired) electrons. The molecule has 2 rings (SSSR count). The van der Waals surface area contributed by atoms with Gasteiger partial charge in [0.05, 0.1) is 0 Å². The first kappa shape index (κ1) is 10.2. The molecular formula is C14H14S. The van der Waals surface area contributed by atoms with Crippen molar-refractivity contribution in [2.75, 3.05) is 0 Å². The standard InChI is InChI=1S/C14H14S/c1-11-3-6-13(7-4-11)8-10-14-9-5-12(2)15-14/h3-10H,1-2H3. The number of aryl methyl sites for hydroxylation is 2. The van der Waals surface area contributed by atoms with E-state index in [1.807, 2.05) is 11.3 Å². The zero-order valence-electron chi connectivity index (χ0n) is 9.03. The maximum atomic E-state index is 2.17. The highest BCUT2D eigenvalue weighted by atomic mass is 32.1. The molecule has 0 saturated carbocycles. The summed E-state index contributed by atoms with van der Waals surface area (Å²) in [5.74, 6) is 0. The predicted octanol–water partition coefficient (Wildman–Crippen LogP) is 4.54. The van der Waals surface area contributed by atoms with Crippen molar-refractivity contribution in [1.82, 2.24) is 0 Å². The minimum absolute atomic E-state index is 1.26. The van der Waals surface area contributed by atoms with Gasteiger partial charge in [0.25, 0.3) is 0 Å². The van der Waals surface area contributed by atoms with Crippen LogP contribution in [0, 0.1) is 13.8 Å². The molecule has 0 spiro atoms. The molecule has 2 aromatic rings. The van der Waals surface area contributed by atoms with Crippen molar-refractivity contribution in [3.8, 4) is 0 Å². The van der Waals surface area contributed by atoms with Crippen molar-refractivity contribution in [2.45, 2.75) is 13.8 Å². The molecule has 0 atom stereocenters. The van der Waals surface area contributed by atoms with E-state index in [0.29, 0.717) is 0 Å². The van der Waals surface area contributed by atoms with E-state index in [0.717, 1.165) is 0 Å². The fraction of sp³-hybridized carbons (Fsp3) is 0.143. The van der Waals surface area contributed by atoms with Crippen molar-refractivity contribution in [1.29, 1.82) is 0 Å². The predicted molar refractivity (Wildman–Crippen MR) is 69.2 cm³/mol. The Balaban J connectivity index is 2.14. The molecule has 0 nitrogen and oxygen atoms in total. The average Bonchev–Trinajstić information content (AvgIpc) is 2.64. The SMILES string of the molecule is Cc1ccc(C=Cc2ccc(C)s2)cc1. The largest absolute Gasteiger partial charge is 0.141 e. The van der Waals surface area contributed by atoms with Crippen LogP contribution in [0.2, 0.25) is 0 Å². The molecule has 1 aromatic carbocycles. The van der Waals surface area contributed by atoms with Gasteiger partial charge < -0.3 is 0 Å². The van der Waals surface area contributed by atoms with Crippen molar-refractivity contribution >= 4 is 23.5 Å². The van der Waals surface area contributed by atoms with E-state index in [9.17, 15) is 0 Å². The monoisotopic (exact) mass is 214 g/mol. The van der Waals surface area contributed by atoms with Crippen molar-refractivity contribution < 1.29 is 0 Å². The molecule has 0 aliphatic rings. The Labute approximate surface area is 94.9 Å². The maximum absolute atomic E-state index is 2.17. The first-order valence-corrected chi connectivity index (χ1v) is 5.87. The summed E-state index contributed by atoms with van der Waals surface area (Å²) in [6.45, 7) is 4.24. The Bertz CT molecular complexity index is 460. The summed E-state index contributed by atoms with van der Waals surface area (Å²) < 4.78 is 0. The summed E-state index contributed by atoms with van der Waals surface area (Å²) in [5.41, 5.74) is 2.56. The molecule has 15 heavy (non-hydrogen) atoms. The first-order valence-electron chi connectivity index (χ1n) is 5.05. The number of hydrogen-bond acceptors (Lipinski definition) is 1. The van der Waals surface area contributed by atoms with Crippen LogP contribution in [0.15, 0.2) is 36.4 Å². The van der Waals surface area contributed by atoms with Gasteiger partial charge >= 0.3 is 0 Å². The maximum Gasteiger partial charge on any atom is 0.0273 e. The molecule has 0 aliphatic carbocycles. The summed E-state index contributed by atoms with van der Waals surface area (Å²) in [7, 11) is 0. The van der Waals surface area contributed by atoms with Gasteiger partial charge in [0.1, 0.15) is 0 Å². The van der Waals surface area contributed by atoms with Crippen LogP contribution < -0.4 is 0 Å². The van der Waals surface area contributed by atoms with Crippen LogP contribution in [0.4, 0.5) is 0 Å². The van der Waals surface area contributed by atoms with Crippen LogP contribution in [0.3, 0.4) is 0 Å². The van der Waals surface area contributed by atoms with E-state index in [1.54, 1.807) is 0 Å². The topological polar surface area (TPSA) is 0 Å². The number of hydrogen-bond donors (Lipinski definition) is 0. The van der Waals surface area contributed by atoms with E-state index < -0.39 is 0 Å². The number of rotatable bonds is 2. The van der Waals surface area contributed by atoms with Crippen LogP contribution in [0.1, 0.15) is 20.9 Å². The Morgan fingerprint density at radius 3 is 2.20 bits per heavy atom. The van der Waals surface area contributed by atoms with Gasteiger partial charge in [-0.2, -0.15) is 0 Å². The normalized spacial score (nSPS) is 11.1. The zero-order valence-corrected chi connectivity index (χ0v) is 9.84. The van der Waals surface area contributed by atoms with Gasteiger partial charge in [-0.3, -0.25) is 0 Å². The number of thiophene rings is 1. The highest BCUT2D eigenvalue weighted by molar-refractivity contribution is 7.12. The first-order chi connectivity index (χ1) is 7.24. The second-order valence-corrected chi connectivity index (χ2v) is 5.01. The molecule has 0 saturated heterocycles. The van der Waals surface area contributed by atoms with Gasteiger partial charge in [-0.15, -0.1) is 11.3 Å². The molecule has 1 heteroatoms. The minimum atomic E-state index is 1.26. The van der Waals surface area contributed by atoms with Crippen LogP contribution >= 0.6 is 11.3 Å². The van der Waals surface area contributed by atoms with Crippen LogP contribution in [0.25, 0.3) is 12.2 Å². The fourth-order valence-electron chi connectivity index (χ4n) is 1.40. The number of benzene rings is 1. The van der Waals surface area contributed by atoms with Gasteiger partial charge in [0.15, 0.2) is 0 Å². The van der Waals surface area contributed by atoms with Crippen molar-refractivity contribution in [2.24, 2.45) is 0 Å². The summed E-state index contributed by atoms with van der Waals surface area (Å²) >= 11 is 1.82. The van der Waals surface area contributed by atoms with E-state index in [1.165, 1.54) is 20.9 Å². The Morgan fingerprint density at radius 2 is 1.60 bits per heavy atom. The molecule has 0 fully saturated rings. The van der Waals surface area contributed by atoms with Crippen LogP contribution in [-0.2, 0) is 0 Å². The smallest absolute Gasteiger partial charge is 0.0273 e. The molecule has 1 heterocycles. The third-order valence-electron chi connectivity index (χ3n) is 2.28. The molecule has 76 valence electrons. The fourth-order valence-corrected chi connectivity index (χ4v) is 2.18. The Hall–Kier alpha value is -1.34. The molecule has 0 aliphatic heterocycles. The minimum Gasteiger partial charge on any atom is -0.141 e. The lowest BCUT2D eigenvalue weighted by Crippen LogP contribution is -1.72. The van der Waals surface area contributed by atoms with Gasteiger partial charge in [0, 0.05) is 9.75 Å². The lowest BCUT2D eigenvalue weighted by atomic mass is 10.1. The van der Waals surface area contributed by atoms with E-state index >= 15 is 0 Å². The third kappa shape index (κ3) is 2.80. The highest BCUT2D eigenvalue weighted by Crippen LogP contribution is 2.18. The van der Waals surface area contributed by atoms with E-state index in [-0.39, 0.29) is 0 Å². The average molecular weight is 214 g/mol. The van der Waals surface area contributed by atoms with E-state index in [2.05, 4.69) is 62.4 Å². The molecule has 0 N–H and O–H groups in total. The van der Waals surface area contributed by atoms with Crippen molar-refractivity contribution in [3.63, 3.8) is 0 Å². The van der Waals surface area contributed by atoms with Crippen LogP contribution in [-0.4, -0.2) is 0 Å². The summed E-state index contributed by atoms with van der Waals surface area (Å²) in [4.78, 5) is 2.67. The lowest BCUT2D eigenvalue weighted by Gasteiger charge is -1.93. The second kappa shape index (κ2) is 4.45. The zero-order chi connectivity index (χ0) is 10.7. The van der Waals surface area contributed by atoms with Crippen molar-refractivity contribution in [3.05, 3.63) is 57.3 Å². The highest BCUT2D eigenvalue weighted by Gasteiger charge is 1.91. The van der Waals surface area contributed by atoms with Gasteiger partial charge in [-0.05, 0) is 37.6 Å². The van der Waals surface area contributed by atoms with Gasteiger partial charge in [-0.25, -0.2) is 0 Å². The van der Waals surface area contributed by atoms with E-state index in [4.69, 9.17) is 0 Å². The third-order valence-corrected chi connectivity index (χ3v) is 3.24. The second-order valence-electron chi connectivity index (χ2n) is 3.69. The summed E-state index contributed by atoms with van der Waals surface area (Å²) in [5, 5.41) is 0. The van der Waals surface area contributed by atoms with Crippen LogP contribution in [0.5, 0.6) is 0 Å². The lowest BCUT2D eigenvalue weighted by molar-refractivity contribution is 1.46. The molecule has 0 unspecified atom stereocenters. The van der Waals surface area contributed by atoms with Gasteiger partial charge in [-0.1, -0.05) is 35.9 Å². The molecule has 0 bridgehead atoms. The van der Waals surface area contributed by atoms with Gasteiger partial charge in [0.2, 0.25) is 0 Å². The molecule has 1 aromatic heterocycles.